The highest BCUT2D eigenvalue weighted by molar-refractivity contribution is 7.89. The third kappa shape index (κ3) is 5.62. The van der Waals surface area contributed by atoms with Crippen LogP contribution in [0.25, 0.3) is 0 Å². The lowest BCUT2D eigenvalue weighted by Crippen LogP contribution is -2.49. The third-order valence-corrected chi connectivity index (χ3v) is 6.12. The first-order chi connectivity index (χ1) is 12.1. The fourth-order valence-corrected chi connectivity index (χ4v) is 4.42. The Balaban J connectivity index is 2.02. The molecule has 1 aromatic heterocycles. The predicted molar refractivity (Wildman–Crippen MR) is 104 cm³/mol. The Hall–Kier alpha value is -1.25. The zero-order valence-corrected chi connectivity index (χ0v) is 17.5. The molecule has 148 valence electrons. The second-order valence-corrected chi connectivity index (χ2v) is 9.75. The van der Waals surface area contributed by atoms with E-state index < -0.39 is 10.0 Å². The first-order valence-electron chi connectivity index (χ1n) is 9.34. The van der Waals surface area contributed by atoms with E-state index in [0.29, 0.717) is 25.5 Å². The molecule has 0 saturated carbocycles. The molecule has 2 rings (SSSR count). The summed E-state index contributed by atoms with van der Waals surface area (Å²) in [5.41, 5.74) is 0.963. The van der Waals surface area contributed by atoms with E-state index in [4.69, 9.17) is 4.74 Å². The van der Waals surface area contributed by atoms with Crippen molar-refractivity contribution < 1.29 is 13.2 Å². The van der Waals surface area contributed by atoms with Gasteiger partial charge in [-0.25, -0.2) is 18.4 Å². The number of hydrogen-bond acceptors (Lipinski definition) is 6. The Morgan fingerprint density at radius 3 is 2.31 bits per heavy atom. The van der Waals surface area contributed by atoms with Gasteiger partial charge < -0.3 is 10.1 Å². The SMILES string of the molecule is CC1CN(S(=O)(=O)CCNc2cc(C(C)C)nc(C(C)C)n2)CC(C)O1. The van der Waals surface area contributed by atoms with Crippen molar-refractivity contribution in [2.24, 2.45) is 0 Å². The minimum atomic E-state index is -3.32. The van der Waals surface area contributed by atoms with Gasteiger partial charge in [-0.3, -0.25) is 0 Å². The number of sulfonamides is 1. The summed E-state index contributed by atoms with van der Waals surface area (Å²) >= 11 is 0. The fraction of sp³-hybridized carbons (Fsp3) is 0.778. The zero-order valence-electron chi connectivity index (χ0n) is 16.7. The maximum Gasteiger partial charge on any atom is 0.216 e. The van der Waals surface area contributed by atoms with E-state index in [9.17, 15) is 8.42 Å². The summed E-state index contributed by atoms with van der Waals surface area (Å²) in [6, 6.07) is 1.90. The standard InChI is InChI=1S/C18H32N4O3S/c1-12(2)16-9-17(21-18(20-16)13(3)4)19-7-8-26(23,24)22-10-14(5)25-15(6)11-22/h9,12-15H,7-8,10-11H2,1-6H3,(H,19,20,21). The van der Waals surface area contributed by atoms with E-state index in [1.807, 2.05) is 19.9 Å². The van der Waals surface area contributed by atoms with Crippen molar-refractivity contribution in [1.82, 2.24) is 14.3 Å². The molecule has 1 N–H and O–H groups in total. The second-order valence-electron chi connectivity index (χ2n) is 7.66. The van der Waals surface area contributed by atoms with Crippen LogP contribution in [0.5, 0.6) is 0 Å². The quantitative estimate of drug-likeness (QED) is 0.778. The molecule has 1 fully saturated rings. The van der Waals surface area contributed by atoms with Crippen LogP contribution in [0, 0.1) is 0 Å². The van der Waals surface area contributed by atoms with Crippen molar-refractivity contribution in [3.8, 4) is 0 Å². The van der Waals surface area contributed by atoms with E-state index >= 15 is 0 Å². The molecule has 7 nitrogen and oxygen atoms in total. The van der Waals surface area contributed by atoms with Crippen molar-refractivity contribution >= 4 is 15.8 Å². The molecule has 1 aliphatic rings. The molecule has 0 amide bonds. The van der Waals surface area contributed by atoms with Crippen LogP contribution in [-0.2, 0) is 14.8 Å². The van der Waals surface area contributed by atoms with Crippen LogP contribution in [-0.4, -0.2) is 60.3 Å². The maximum absolute atomic E-state index is 12.6. The third-order valence-electron chi connectivity index (χ3n) is 4.32. The highest BCUT2D eigenvalue weighted by Crippen LogP contribution is 2.20. The Kier molecular flexibility index (Phi) is 6.99. The van der Waals surface area contributed by atoms with Crippen LogP contribution in [0.4, 0.5) is 5.82 Å². The van der Waals surface area contributed by atoms with Gasteiger partial charge in [0.1, 0.15) is 11.6 Å². The highest BCUT2D eigenvalue weighted by Gasteiger charge is 2.30. The average Bonchev–Trinajstić information content (AvgIpc) is 2.53. The van der Waals surface area contributed by atoms with Gasteiger partial charge in [-0.05, 0) is 19.8 Å². The molecule has 2 atom stereocenters. The molecular weight excluding hydrogens is 352 g/mol. The van der Waals surface area contributed by atoms with Crippen molar-refractivity contribution in [1.29, 1.82) is 0 Å². The smallest absolute Gasteiger partial charge is 0.216 e. The predicted octanol–water partition coefficient (Wildman–Crippen LogP) is 2.57. The molecule has 8 heteroatoms. The highest BCUT2D eigenvalue weighted by atomic mass is 32.2. The number of hydrogen-bond donors (Lipinski definition) is 1. The lowest BCUT2D eigenvalue weighted by Gasteiger charge is -2.34. The van der Waals surface area contributed by atoms with Gasteiger partial charge in [0.05, 0.1) is 18.0 Å². The number of ether oxygens (including phenoxy) is 1. The topological polar surface area (TPSA) is 84.4 Å². The van der Waals surface area contributed by atoms with E-state index in [0.717, 1.165) is 11.5 Å². The van der Waals surface area contributed by atoms with E-state index in [1.54, 1.807) is 0 Å². The van der Waals surface area contributed by atoms with Crippen LogP contribution in [0.15, 0.2) is 6.07 Å². The number of aromatic nitrogens is 2. The number of rotatable bonds is 7. The first-order valence-corrected chi connectivity index (χ1v) is 11.0. The number of nitrogens with one attached hydrogen (secondary N) is 1. The molecule has 1 aliphatic heterocycles. The molecule has 0 bridgehead atoms. The fourth-order valence-electron chi connectivity index (χ4n) is 2.92. The number of morpholine rings is 1. The van der Waals surface area contributed by atoms with Gasteiger partial charge in [0, 0.05) is 37.3 Å². The van der Waals surface area contributed by atoms with Crippen LogP contribution in [0.3, 0.4) is 0 Å². The molecule has 0 aromatic carbocycles. The number of anilines is 1. The molecule has 2 heterocycles. The van der Waals surface area contributed by atoms with Crippen molar-refractivity contribution in [2.45, 2.75) is 65.6 Å². The summed E-state index contributed by atoms with van der Waals surface area (Å²) in [6.45, 7) is 13.2. The molecule has 2 unspecified atom stereocenters. The molecule has 26 heavy (non-hydrogen) atoms. The summed E-state index contributed by atoms with van der Waals surface area (Å²) < 4.78 is 32.4. The monoisotopic (exact) mass is 384 g/mol. The van der Waals surface area contributed by atoms with Gasteiger partial charge in [-0.15, -0.1) is 0 Å². The summed E-state index contributed by atoms with van der Waals surface area (Å²) in [6.07, 6.45) is -0.156. The lowest BCUT2D eigenvalue weighted by molar-refractivity contribution is -0.0440. The number of nitrogens with zero attached hydrogens (tertiary/aromatic N) is 3. The normalized spacial score (nSPS) is 22.2. The summed E-state index contributed by atoms with van der Waals surface area (Å²) in [5, 5.41) is 3.16. The van der Waals surface area contributed by atoms with Crippen molar-refractivity contribution in [3.05, 3.63) is 17.6 Å². The first kappa shape index (κ1) is 21.1. The summed E-state index contributed by atoms with van der Waals surface area (Å²) in [5.74, 6) is 2.00. The Morgan fingerprint density at radius 1 is 1.15 bits per heavy atom. The van der Waals surface area contributed by atoms with E-state index in [2.05, 4.69) is 43.0 Å². The van der Waals surface area contributed by atoms with Crippen LogP contribution < -0.4 is 5.32 Å². The zero-order chi connectivity index (χ0) is 19.5. The maximum atomic E-state index is 12.6. The average molecular weight is 385 g/mol. The van der Waals surface area contributed by atoms with Gasteiger partial charge in [0.25, 0.3) is 0 Å². The van der Waals surface area contributed by atoms with E-state index in [-0.39, 0.29) is 29.8 Å². The largest absolute Gasteiger partial charge is 0.373 e. The van der Waals surface area contributed by atoms with Gasteiger partial charge in [0.2, 0.25) is 10.0 Å². The molecule has 0 radical (unpaired) electrons. The molecule has 1 aromatic rings. The van der Waals surface area contributed by atoms with Gasteiger partial charge in [0.15, 0.2) is 0 Å². The minimum Gasteiger partial charge on any atom is -0.373 e. The Bertz CT molecular complexity index is 670. The lowest BCUT2D eigenvalue weighted by atomic mass is 10.1. The summed E-state index contributed by atoms with van der Waals surface area (Å²) in [7, 11) is -3.32. The minimum absolute atomic E-state index is 0.0322. The molecular formula is C18H32N4O3S. The molecule has 0 spiro atoms. The van der Waals surface area contributed by atoms with Crippen LogP contribution >= 0.6 is 0 Å². The van der Waals surface area contributed by atoms with Crippen LogP contribution in [0.1, 0.15) is 64.9 Å². The van der Waals surface area contributed by atoms with Gasteiger partial charge in [-0.2, -0.15) is 4.31 Å². The Morgan fingerprint density at radius 2 is 1.77 bits per heavy atom. The molecule has 0 aliphatic carbocycles. The van der Waals surface area contributed by atoms with Crippen LogP contribution in [0.2, 0.25) is 0 Å². The van der Waals surface area contributed by atoms with Crippen molar-refractivity contribution in [2.75, 3.05) is 30.7 Å². The van der Waals surface area contributed by atoms with Gasteiger partial charge >= 0.3 is 0 Å². The Labute approximate surface area is 157 Å². The summed E-state index contributed by atoms with van der Waals surface area (Å²) in [4.78, 5) is 9.11. The molecule has 1 saturated heterocycles. The van der Waals surface area contributed by atoms with E-state index in [1.165, 1.54) is 4.31 Å². The second kappa shape index (κ2) is 8.63. The van der Waals surface area contributed by atoms with Gasteiger partial charge in [-0.1, -0.05) is 27.7 Å². The van der Waals surface area contributed by atoms with Crippen molar-refractivity contribution in [3.63, 3.8) is 0 Å².